The van der Waals surface area contributed by atoms with E-state index < -0.39 is 23.1 Å². The number of carbonyl (C=O) groups is 2. The molecule has 1 aromatic heterocycles. The van der Waals surface area contributed by atoms with Crippen molar-refractivity contribution in [3.63, 3.8) is 0 Å². The first-order valence-electron chi connectivity index (χ1n) is 7.60. The van der Waals surface area contributed by atoms with Crippen LogP contribution in [-0.2, 0) is 27.3 Å². The molecule has 0 aliphatic carbocycles. The molecule has 0 spiro atoms. The van der Waals surface area contributed by atoms with E-state index in [1.165, 1.54) is 0 Å². The molecule has 0 radical (unpaired) electrons. The van der Waals surface area contributed by atoms with Gasteiger partial charge in [-0.05, 0) is 26.8 Å². The van der Waals surface area contributed by atoms with Crippen LogP contribution in [0, 0.1) is 0 Å². The van der Waals surface area contributed by atoms with Gasteiger partial charge in [-0.1, -0.05) is 18.2 Å². The van der Waals surface area contributed by atoms with Gasteiger partial charge < -0.3 is 9.84 Å². The summed E-state index contributed by atoms with van der Waals surface area (Å²) in [5.41, 5.74) is -0.601. The Labute approximate surface area is 138 Å². The summed E-state index contributed by atoms with van der Waals surface area (Å²) >= 11 is 0. The van der Waals surface area contributed by atoms with Crippen molar-refractivity contribution in [2.75, 3.05) is 0 Å². The van der Waals surface area contributed by atoms with Crippen molar-refractivity contribution in [3.05, 3.63) is 40.3 Å². The summed E-state index contributed by atoms with van der Waals surface area (Å²) in [7, 11) is 0. The molecule has 0 aliphatic rings. The fourth-order valence-corrected chi connectivity index (χ4v) is 2.32. The molecule has 0 bridgehead atoms. The number of aromatic nitrogens is 2. The standard InChI is InChI=1S/C17H20N2O5/c1-17(2,3)24-15(22)10-19-16(23)12-7-5-4-6-11(12)13(18-19)8-9-14(20)21/h4-7H,8-10H2,1-3H3,(H,20,21). The Hall–Kier alpha value is -2.70. The predicted octanol–water partition coefficient (Wildman–Crippen LogP) is 1.76. The Kier molecular flexibility index (Phi) is 5.02. The summed E-state index contributed by atoms with van der Waals surface area (Å²) in [6.07, 6.45) is 0.0616. The zero-order valence-corrected chi connectivity index (χ0v) is 13.9. The average molecular weight is 332 g/mol. The number of hydrogen-bond donors (Lipinski definition) is 1. The SMILES string of the molecule is CC(C)(C)OC(=O)Cn1nc(CCC(=O)O)c2ccccc2c1=O. The number of benzene rings is 1. The van der Waals surface area contributed by atoms with Gasteiger partial charge in [0.2, 0.25) is 0 Å². The third-order valence-corrected chi connectivity index (χ3v) is 3.22. The highest BCUT2D eigenvalue weighted by atomic mass is 16.6. The van der Waals surface area contributed by atoms with Crippen LogP contribution < -0.4 is 5.56 Å². The highest BCUT2D eigenvalue weighted by molar-refractivity contribution is 5.84. The molecule has 2 aromatic rings. The van der Waals surface area contributed by atoms with Gasteiger partial charge in [-0.2, -0.15) is 5.10 Å². The molecule has 1 heterocycles. The number of aliphatic carboxylic acids is 1. The number of aryl methyl sites for hydroxylation is 1. The molecule has 0 saturated heterocycles. The lowest BCUT2D eigenvalue weighted by molar-refractivity contribution is -0.155. The Bertz CT molecular complexity index is 833. The number of fused-ring (bicyclic) bond motifs is 1. The number of hydrogen-bond acceptors (Lipinski definition) is 5. The maximum atomic E-state index is 12.5. The summed E-state index contributed by atoms with van der Waals surface area (Å²) in [5.74, 6) is -1.53. The molecule has 0 amide bonds. The first-order valence-corrected chi connectivity index (χ1v) is 7.60. The lowest BCUT2D eigenvalue weighted by atomic mass is 10.1. The van der Waals surface area contributed by atoms with E-state index in [2.05, 4.69) is 5.10 Å². The zero-order chi connectivity index (χ0) is 17.9. The highest BCUT2D eigenvalue weighted by Gasteiger charge is 2.19. The van der Waals surface area contributed by atoms with Crippen LogP contribution in [0.15, 0.2) is 29.1 Å². The predicted molar refractivity (Wildman–Crippen MR) is 87.8 cm³/mol. The molecule has 7 heteroatoms. The molecule has 24 heavy (non-hydrogen) atoms. The van der Waals surface area contributed by atoms with Crippen LogP contribution in [0.1, 0.15) is 32.9 Å². The molecule has 7 nitrogen and oxygen atoms in total. The van der Waals surface area contributed by atoms with E-state index in [-0.39, 0.29) is 19.4 Å². The number of esters is 1. The minimum atomic E-state index is -0.953. The first-order chi connectivity index (χ1) is 11.2. The van der Waals surface area contributed by atoms with Gasteiger partial charge in [-0.25, -0.2) is 4.68 Å². The van der Waals surface area contributed by atoms with Crippen LogP contribution in [0.5, 0.6) is 0 Å². The van der Waals surface area contributed by atoms with Gasteiger partial charge in [-0.3, -0.25) is 14.4 Å². The summed E-state index contributed by atoms with van der Waals surface area (Å²) in [5, 5.41) is 14.1. The fourth-order valence-electron chi connectivity index (χ4n) is 2.32. The molecule has 0 unspecified atom stereocenters. The van der Waals surface area contributed by atoms with E-state index in [1.54, 1.807) is 45.0 Å². The van der Waals surface area contributed by atoms with Gasteiger partial charge >= 0.3 is 11.9 Å². The van der Waals surface area contributed by atoms with Crippen LogP contribution in [-0.4, -0.2) is 32.4 Å². The smallest absolute Gasteiger partial charge is 0.328 e. The summed E-state index contributed by atoms with van der Waals surface area (Å²) in [4.78, 5) is 35.3. The molecule has 0 fully saturated rings. The molecule has 1 aromatic carbocycles. The summed E-state index contributed by atoms with van der Waals surface area (Å²) in [6.45, 7) is 4.89. The maximum Gasteiger partial charge on any atom is 0.328 e. The number of carbonyl (C=O) groups excluding carboxylic acids is 1. The third-order valence-electron chi connectivity index (χ3n) is 3.22. The maximum absolute atomic E-state index is 12.5. The quantitative estimate of drug-likeness (QED) is 0.838. The molecule has 0 saturated carbocycles. The molecule has 1 N–H and O–H groups in total. The van der Waals surface area contributed by atoms with Crippen LogP contribution in [0.4, 0.5) is 0 Å². The second-order valence-electron chi connectivity index (χ2n) is 6.44. The van der Waals surface area contributed by atoms with Crippen LogP contribution in [0.3, 0.4) is 0 Å². The lowest BCUT2D eigenvalue weighted by Gasteiger charge is -2.19. The van der Waals surface area contributed by atoms with Gasteiger partial charge in [0.15, 0.2) is 0 Å². The van der Waals surface area contributed by atoms with Gasteiger partial charge in [0, 0.05) is 11.8 Å². The van der Waals surface area contributed by atoms with Gasteiger partial charge in [0.25, 0.3) is 5.56 Å². The number of carboxylic acid groups (broad SMARTS) is 1. The first kappa shape index (κ1) is 17.7. The Morgan fingerprint density at radius 1 is 1.21 bits per heavy atom. The monoisotopic (exact) mass is 332 g/mol. The average Bonchev–Trinajstić information content (AvgIpc) is 2.47. The molecule has 0 aliphatic heterocycles. The number of carboxylic acids is 1. The molecule has 2 rings (SSSR count). The largest absolute Gasteiger partial charge is 0.481 e. The summed E-state index contributed by atoms with van der Waals surface area (Å²) in [6, 6.07) is 6.82. The Balaban J connectivity index is 2.43. The van der Waals surface area contributed by atoms with E-state index in [1.807, 2.05) is 0 Å². The van der Waals surface area contributed by atoms with Crippen molar-refractivity contribution in [1.29, 1.82) is 0 Å². The number of ether oxygens (including phenoxy) is 1. The zero-order valence-electron chi connectivity index (χ0n) is 13.9. The van der Waals surface area contributed by atoms with Gasteiger partial charge in [-0.15, -0.1) is 0 Å². The van der Waals surface area contributed by atoms with Gasteiger partial charge in [0.05, 0.1) is 17.5 Å². The molecule has 128 valence electrons. The van der Waals surface area contributed by atoms with Crippen LogP contribution >= 0.6 is 0 Å². The van der Waals surface area contributed by atoms with Gasteiger partial charge in [0.1, 0.15) is 12.1 Å². The third kappa shape index (κ3) is 4.41. The topological polar surface area (TPSA) is 98.5 Å². The van der Waals surface area contributed by atoms with E-state index in [0.717, 1.165) is 4.68 Å². The molecule has 0 atom stereocenters. The van der Waals surface area contributed by atoms with Crippen molar-refractivity contribution < 1.29 is 19.4 Å². The van der Waals surface area contributed by atoms with Crippen LogP contribution in [0.25, 0.3) is 10.8 Å². The minimum absolute atomic E-state index is 0.109. The molecular formula is C17H20N2O5. The second kappa shape index (κ2) is 6.82. The normalized spacial score (nSPS) is 11.5. The van der Waals surface area contributed by atoms with Crippen molar-refractivity contribution in [3.8, 4) is 0 Å². The van der Waals surface area contributed by atoms with Crippen LogP contribution in [0.2, 0.25) is 0 Å². The van der Waals surface area contributed by atoms with Crippen molar-refractivity contribution in [2.45, 2.75) is 45.8 Å². The van der Waals surface area contributed by atoms with E-state index in [4.69, 9.17) is 9.84 Å². The Morgan fingerprint density at radius 3 is 2.42 bits per heavy atom. The fraction of sp³-hybridized carbons (Fsp3) is 0.412. The second-order valence-corrected chi connectivity index (χ2v) is 6.44. The molecular weight excluding hydrogens is 312 g/mol. The van der Waals surface area contributed by atoms with E-state index >= 15 is 0 Å². The Morgan fingerprint density at radius 2 is 1.83 bits per heavy atom. The lowest BCUT2D eigenvalue weighted by Crippen LogP contribution is -2.32. The number of rotatable bonds is 5. The van der Waals surface area contributed by atoms with Crippen molar-refractivity contribution in [1.82, 2.24) is 9.78 Å². The van der Waals surface area contributed by atoms with E-state index in [0.29, 0.717) is 16.5 Å². The summed E-state index contributed by atoms with van der Waals surface area (Å²) < 4.78 is 6.25. The van der Waals surface area contributed by atoms with E-state index in [9.17, 15) is 14.4 Å². The van der Waals surface area contributed by atoms with Crippen molar-refractivity contribution in [2.24, 2.45) is 0 Å². The number of nitrogens with zero attached hydrogens (tertiary/aromatic N) is 2. The highest BCUT2D eigenvalue weighted by Crippen LogP contribution is 2.15. The van der Waals surface area contributed by atoms with Crippen molar-refractivity contribution >= 4 is 22.7 Å². The minimum Gasteiger partial charge on any atom is -0.481 e.